The summed E-state index contributed by atoms with van der Waals surface area (Å²) >= 11 is 0. The predicted octanol–water partition coefficient (Wildman–Crippen LogP) is 7.22. The molecule has 2 atom stereocenters. The van der Waals surface area contributed by atoms with Gasteiger partial charge in [0.2, 0.25) is 0 Å². The summed E-state index contributed by atoms with van der Waals surface area (Å²) in [7, 11) is -1.76. The van der Waals surface area contributed by atoms with Crippen LogP contribution in [-0.2, 0) is 20.6 Å². The summed E-state index contributed by atoms with van der Waals surface area (Å²) in [6, 6.07) is 0. The Bertz CT molecular complexity index is 863. The van der Waals surface area contributed by atoms with Crippen molar-refractivity contribution in [3.8, 4) is 0 Å². The van der Waals surface area contributed by atoms with Crippen LogP contribution in [0, 0.1) is 0 Å². The molecule has 0 aliphatic rings. The molecule has 37 heavy (non-hydrogen) atoms. The van der Waals surface area contributed by atoms with Gasteiger partial charge in [0.15, 0.2) is 11.5 Å². The van der Waals surface area contributed by atoms with Crippen molar-refractivity contribution in [2.75, 3.05) is 31.5 Å². The Labute approximate surface area is 225 Å². The zero-order valence-corrected chi connectivity index (χ0v) is 24.5. The van der Waals surface area contributed by atoms with Crippen molar-refractivity contribution in [3.05, 3.63) is 12.7 Å². The molecule has 0 aliphatic heterocycles. The summed E-state index contributed by atoms with van der Waals surface area (Å²) in [4.78, 5) is 12.5. The first-order valence-electron chi connectivity index (χ1n) is 14.7. The third kappa shape index (κ3) is 14.3. The molecule has 0 spiro atoms. The van der Waals surface area contributed by atoms with Gasteiger partial charge in [0.1, 0.15) is 19.6 Å². The lowest BCUT2D eigenvalue weighted by atomic mass is 10.0. The van der Waals surface area contributed by atoms with E-state index in [0.717, 1.165) is 19.4 Å². The second-order valence-corrected chi connectivity index (χ2v) is 12.2. The quantitative estimate of drug-likeness (QED) is 0.111. The van der Waals surface area contributed by atoms with Crippen molar-refractivity contribution in [3.63, 3.8) is 0 Å². The average molecular weight is 538 g/mol. The smallest absolute Gasteiger partial charge is 0.165 e. The minimum absolute atomic E-state index is 0.0980. The van der Waals surface area contributed by atoms with Gasteiger partial charge in [-0.3, -0.25) is 0 Å². The summed E-state index contributed by atoms with van der Waals surface area (Å²) < 4.78 is 25.8. The highest BCUT2D eigenvalue weighted by atomic mass is 31.1. The molecular weight excluding hydrogens is 485 g/mol. The number of nitrogens with zero attached hydrogens (tertiary/aromatic N) is 4. The predicted molar refractivity (Wildman–Crippen MR) is 155 cm³/mol. The largest absolute Gasteiger partial charge is 0.382 e. The fraction of sp³-hybridized carbons (Fsp3) is 0.821. The van der Waals surface area contributed by atoms with Gasteiger partial charge in [0.05, 0.1) is 25.3 Å². The maximum absolute atomic E-state index is 12.3. The van der Waals surface area contributed by atoms with Crippen LogP contribution in [0.2, 0.25) is 0 Å². The van der Waals surface area contributed by atoms with E-state index in [1.165, 1.54) is 89.8 Å². The third-order valence-corrected chi connectivity index (χ3v) is 8.20. The van der Waals surface area contributed by atoms with E-state index >= 15 is 0 Å². The normalized spacial score (nSPS) is 13.4. The number of rotatable bonds is 24. The number of hydrogen-bond acceptors (Lipinski definition) is 7. The van der Waals surface area contributed by atoms with E-state index in [0.29, 0.717) is 42.6 Å². The number of nitrogens with two attached hydrogens (primary N) is 1. The fourth-order valence-electron chi connectivity index (χ4n) is 4.54. The Morgan fingerprint density at radius 3 is 2.11 bits per heavy atom. The first kappa shape index (κ1) is 31.7. The molecule has 0 fully saturated rings. The number of hydrogen-bond donors (Lipinski definition) is 1. The summed E-state index contributed by atoms with van der Waals surface area (Å²) in [6.45, 7) is 6.32. The van der Waals surface area contributed by atoms with Crippen LogP contribution in [0.25, 0.3) is 11.2 Å². The average Bonchev–Trinajstić information content (AvgIpc) is 3.30. The molecule has 0 saturated carbocycles. The lowest BCUT2D eigenvalue weighted by molar-refractivity contribution is 0.0877. The number of unbranched alkanes of at least 4 members (excludes halogenated alkanes) is 13. The molecule has 0 bridgehead atoms. The van der Waals surface area contributed by atoms with Gasteiger partial charge in [0, 0.05) is 19.4 Å². The molecule has 2 N–H and O–H groups in total. The minimum Gasteiger partial charge on any atom is -0.382 e. The Balaban J connectivity index is 1.35. The second-order valence-electron chi connectivity index (χ2n) is 10.3. The molecule has 2 rings (SSSR count). The van der Waals surface area contributed by atoms with Crippen LogP contribution in [0.4, 0.5) is 5.82 Å². The van der Waals surface area contributed by atoms with Gasteiger partial charge < -0.3 is 24.3 Å². The third-order valence-electron chi connectivity index (χ3n) is 6.80. The van der Waals surface area contributed by atoms with Crippen LogP contribution in [0.15, 0.2) is 12.7 Å². The van der Waals surface area contributed by atoms with E-state index < -0.39 is 7.80 Å². The first-order valence-corrected chi connectivity index (χ1v) is 16.6. The van der Waals surface area contributed by atoms with Gasteiger partial charge in [-0.15, -0.1) is 0 Å². The van der Waals surface area contributed by atoms with E-state index in [1.54, 1.807) is 6.33 Å². The Hall–Kier alpha value is -1.50. The number of imidazole rings is 1. The molecule has 1 unspecified atom stereocenters. The van der Waals surface area contributed by atoms with Crippen LogP contribution in [-0.4, -0.2) is 51.3 Å². The van der Waals surface area contributed by atoms with E-state index in [9.17, 15) is 4.57 Å². The second kappa shape index (κ2) is 20.5. The highest BCUT2D eigenvalue weighted by Gasteiger charge is 2.12. The van der Waals surface area contributed by atoms with Gasteiger partial charge in [-0.2, -0.15) is 0 Å². The van der Waals surface area contributed by atoms with Crippen LogP contribution in [0.5, 0.6) is 0 Å². The summed E-state index contributed by atoms with van der Waals surface area (Å²) in [6.07, 6.45) is 24.0. The SMILES string of the molecule is CCCCCCCCCCCCCCCCOCCC[PH](=O)CO[C@H](C)Cn1cnc2c(N)ncnc21. The number of aromatic nitrogens is 4. The number of nitrogen functional groups attached to an aromatic ring is 1. The van der Waals surface area contributed by atoms with Gasteiger partial charge in [-0.05, 0) is 19.8 Å². The van der Waals surface area contributed by atoms with Crippen LogP contribution >= 0.6 is 7.80 Å². The summed E-state index contributed by atoms with van der Waals surface area (Å²) in [5.41, 5.74) is 7.11. The molecule has 2 aromatic rings. The topological polar surface area (TPSA) is 105 Å². The zero-order chi connectivity index (χ0) is 26.6. The number of ether oxygens (including phenoxy) is 2. The van der Waals surface area contributed by atoms with Crippen molar-refractivity contribution in [1.82, 2.24) is 19.5 Å². The van der Waals surface area contributed by atoms with Crippen LogP contribution in [0.1, 0.15) is 110 Å². The molecule has 0 aliphatic carbocycles. The van der Waals surface area contributed by atoms with Crippen molar-refractivity contribution in [1.29, 1.82) is 0 Å². The van der Waals surface area contributed by atoms with Crippen molar-refractivity contribution < 1.29 is 14.0 Å². The number of anilines is 1. The molecule has 0 aromatic carbocycles. The van der Waals surface area contributed by atoms with Gasteiger partial charge >= 0.3 is 0 Å². The Kier molecular flexibility index (Phi) is 17.5. The molecule has 8 nitrogen and oxygen atoms in total. The Morgan fingerprint density at radius 2 is 1.46 bits per heavy atom. The maximum atomic E-state index is 12.3. The number of fused-ring (bicyclic) bond motifs is 1. The summed E-state index contributed by atoms with van der Waals surface area (Å²) in [5, 5.41) is 0. The maximum Gasteiger partial charge on any atom is 0.165 e. The Morgan fingerprint density at radius 1 is 0.865 bits per heavy atom. The standard InChI is InChI=1S/C28H52N5O3P/c1-3-4-5-6-7-8-9-10-11-12-13-14-15-16-18-35-19-17-20-37(34)24-36-25(2)21-33-23-32-26-27(29)30-22-31-28(26)33/h22-23,25,37H,3-21,24H2,1-2H3,(H2,29,30,31)/t25-/m1/s1. The van der Waals surface area contributed by atoms with Gasteiger partial charge in [0.25, 0.3) is 0 Å². The molecule has 2 aromatic heterocycles. The monoisotopic (exact) mass is 537 g/mol. The van der Waals surface area contributed by atoms with Gasteiger partial charge in [-0.1, -0.05) is 90.4 Å². The van der Waals surface area contributed by atoms with Crippen molar-refractivity contribution in [2.24, 2.45) is 0 Å². The van der Waals surface area contributed by atoms with E-state index in [-0.39, 0.29) is 6.10 Å². The first-order chi connectivity index (χ1) is 18.1. The minimum atomic E-state index is -1.76. The lowest BCUT2D eigenvalue weighted by Crippen LogP contribution is -2.16. The molecule has 9 heteroatoms. The van der Waals surface area contributed by atoms with E-state index in [2.05, 4.69) is 21.9 Å². The van der Waals surface area contributed by atoms with E-state index in [1.807, 2.05) is 11.5 Å². The highest BCUT2D eigenvalue weighted by Crippen LogP contribution is 2.23. The fourth-order valence-corrected chi connectivity index (χ4v) is 5.69. The molecule has 0 radical (unpaired) electrons. The van der Waals surface area contributed by atoms with E-state index in [4.69, 9.17) is 15.2 Å². The molecule has 2 heterocycles. The van der Waals surface area contributed by atoms with Crippen LogP contribution in [0.3, 0.4) is 0 Å². The van der Waals surface area contributed by atoms with Crippen molar-refractivity contribution >= 4 is 24.8 Å². The summed E-state index contributed by atoms with van der Waals surface area (Å²) in [5.74, 6) is 0.369. The van der Waals surface area contributed by atoms with Gasteiger partial charge in [-0.25, -0.2) is 15.0 Å². The molecule has 0 amide bonds. The van der Waals surface area contributed by atoms with Crippen molar-refractivity contribution in [2.45, 2.75) is 123 Å². The lowest BCUT2D eigenvalue weighted by Gasteiger charge is -2.14. The molecule has 212 valence electrons. The molecule has 0 saturated heterocycles. The molecular formula is C28H52N5O3P. The zero-order valence-electron chi connectivity index (χ0n) is 23.5. The van der Waals surface area contributed by atoms with Crippen LogP contribution < -0.4 is 5.73 Å². The highest BCUT2D eigenvalue weighted by molar-refractivity contribution is 7.44.